The van der Waals surface area contributed by atoms with Crippen molar-refractivity contribution >= 4 is 35.6 Å². The van der Waals surface area contributed by atoms with Crippen molar-refractivity contribution < 1.29 is 9.47 Å². The molecule has 154 valence electrons. The molecule has 1 unspecified atom stereocenters. The molecule has 0 radical (unpaired) electrons. The first kappa shape index (κ1) is 24.0. The molecule has 1 aromatic carbocycles. The molecular formula is C20H35IN4O2. The quantitative estimate of drug-likeness (QED) is 0.182. The van der Waals surface area contributed by atoms with E-state index < -0.39 is 0 Å². The van der Waals surface area contributed by atoms with E-state index in [-0.39, 0.29) is 24.0 Å². The van der Waals surface area contributed by atoms with E-state index in [9.17, 15) is 0 Å². The summed E-state index contributed by atoms with van der Waals surface area (Å²) >= 11 is 0. The van der Waals surface area contributed by atoms with Crippen LogP contribution >= 0.6 is 24.0 Å². The van der Waals surface area contributed by atoms with Crippen molar-refractivity contribution in [1.29, 1.82) is 0 Å². The van der Waals surface area contributed by atoms with Gasteiger partial charge in [0.25, 0.3) is 0 Å². The second kappa shape index (κ2) is 15.9. The number of aliphatic imine (C=N–C) groups is 1. The average molecular weight is 490 g/mol. The maximum absolute atomic E-state index is 5.73. The molecule has 6 nitrogen and oxygen atoms in total. The molecule has 0 spiro atoms. The minimum Gasteiger partial charge on any atom is -0.385 e. The SMILES string of the molecule is CCNC(=NCCCNc1ccccc1)NCCCOCC1CCOC1.I. The summed E-state index contributed by atoms with van der Waals surface area (Å²) in [6.07, 6.45) is 3.11. The van der Waals surface area contributed by atoms with Crippen LogP contribution in [-0.4, -0.2) is 58.6 Å². The van der Waals surface area contributed by atoms with Crippen LogP contribution in [0.15, 0.2) is 35.3 Å². The summed E-state index contributed by atoms with van der Waals surface area (Å²) < 4.78 is 11.1. The first-order valence-corrected chi connectivity index (χ1v) is 9.85. The van der Waals surface area contributed by atoms with Crippen LogP contribution in [0.5, 0.6) is 0 Å². The first-order chi connectivity index (χ1) is 12.9. The highest BCUT2D eigenvalue weighted by Gasteiger charge is 2.15. The molecule has 1 aliphatic heterocycles. The fourth-order valence-corrected chi connectivity index (χ4v) is 2.75. The van der Waals surface area contributed by atoms with Crippen molar-refractivity contribution in [1.82, 2.24) is 10.6 Å². The lowest BCUT2D eigenvalue weighted by molar-refractivity contribution is 0.0888. The maximum atomic E-state index is 5.73. The number of hydrogen-bond acceptors (Lipinski definition) is 4. The number of halogens is 1. The number of nitrogens with one attached hydrogen (secondary N) is 3. The summed E-state index contributed by atoms with van der Waals surface area (Å²) in [5.74, 6) is 1.47. The molecule has 0 aromatic heterocycles. The van der Waals surface area contributed by atoms with Crippen LogP contribution in [0.25, 0.3) is 0 Å². The van der Waals surface area contributed by atoms with Crippen molar-refractivity contribution in [3.63, 3.8) is 0 Å². The van der Waals surface area contributed by atoms with E-state index in [1.165, 1.54) is 0 Å². The van der Waals surface area contributed by atoms with Gasteiger partial charge in [0.05, 0.1) is 13.2 Å². The maximum Gasteiger partial charge on any atom is 0.191 e. The lowest BCUT2D eigenvalue weighted by atomic mass is 10.1. The van der Waals surface area contributed by atoms with Crippen LogP contribution < -0.4 is 16.0 Å². The average Bonchev–Trinajstić information content (AvgIpc) is 3.18. The molecule has 27 heavy (non-hydrogen) atoms. The zero-order valence-corrected chi connectivity index (χ0v) is 18.7. The third-order valence-electron chi connectivity index (χ3n) is 4.19. The van der Waals surface area contributed by atoms with Crippen LogP contribution in [0.4, 0.5) is 5.69 Å². The number of anilines is 1. The first-order valence-electron chi connectivity index (χ1n) is 9.85. The number of para-hydroxylation sites is 1. The van der Waals surface area contributed by atoms with Gasteiger partial charge in [0.2, 0.25) is 0 Å². The Kier molecular flexibility index (Phi) is 14.2. The Balaban J connectivity index is 0.00000364. The van der Waals surface area contributed by atoms with E-state index in [0.717, 1.165) is 83.5 Å². The molecule has 0 bridgehead atoms. The topological polar surface area (TPSA) is 66.9 Å². The summed E-state index contributed by atoms with van der Waals surface area (Å²) in [6.45, 7) is 8.89. The van der Waals surface area contributed by atoms with Gasteiger partial charge >= 0.3 is 0 Å². The van der Waals surface area contributed by atoms with E-state index in [1.54, 1.807) is 0 Å². The fraction of sp³-hybridized carbons (Fsp3) is 0.650. The minimum atomic E-state index is 0. The third kappa shape index (κ3) is 11.4. The van der Waals surface area contributed by atoms with Gasteiger partial charge in [-0.15, -0.1) is 24.0 Å². The van der Waals surface area contributed by atoms with E-state index in [4.69, 9.17) is 9.47 Å². The smallest absolute Gasteiger partial charge is 0.191 e. The minimum absolute atomic E-state index is 0. The Hall–Kier alpha value is -1.06. The predicted molar refractivity (Wildman–Crippen MR) is 123 cm³/mol. The molecule has 1 saturated heterocycles. The number of guanidine groups is 1. The Morgan fingerprint density at radius 1 is 1.19 bits per heavy atom. The summed E-state index contributed by atoms with van der Waals surface area (Å²) in [7, 11) is 0. The zero-order chi connectivity index (χ0) is 18.3. The van der Waals surface area contributed by atoms with Gasteiger partial charge in [-0.25, -0.2) is 0 Å². The highest BCUT2D eigenvalue weighted by Crippen LogP contribution is 2.12. The van der Waals surface area contributed by atoms with E-state index >= 15 is 0 Å². The molecule has 7 heteroatoms. The molecule has 1 atom stereocenters. The lowest BCUT2D eigenvalue weighted by Crippen LogP contribution is -2.38. The molecule has 2 rings (SSSR count). The molecule has 3 N–H and O–H groups in total. The largest absolute Gasteiger partial charge is 0.385 e. The predicted octanol–water partition coefficient (Wildman–Crippen LogP) is 3.10. The standard InChI is InChI=1S/C20H34N4O2.HI/c1-2-21-20(23-12-6-11-22-19-8-4-3-5-9-19)24-13-7-14-25-16-18-10-15-26-17-18;/h3-5,8-9,18,22H,2,6-7,10-17H2,1H3,(H2,21,23,24);1H. The van der Waals surface area contributed by atoms with Gasteiger partial charge in [-0.1, -0.05) is 18.2 Å². The van der Waals surface area contributed by atoms with Crippen molar-refractivity contribution in [2.75, 3.05) is 57.9 Å². The second-order valence-electron chi connectivity index (χ2n) is 6.49. The van der Waals surface area contributed by atoms with Crippen LogP contribution in [0.3, 0.4) is 0 Å². The number of rotatable bonds is 12. The van der Waals surface area contributed by atoms with Gasteiger partial charge in [0.1, 0.15) is 0 Å². The highest BCUT2D eigenvalue weighted by atomic mass is 127. The Morgan fingerprint density at radius 3 is 2.78 bits per heavy atom. The van der Waals surface area contributed by atoms with Crippen LogP contribution in [-0.2, 0) is 9.47 Å². The van der Waals surface area contributed by atoms with Crippen LogP contribution in [0, 0.1) is 5.92 Å². The zero-order valence-electron chi connectivity index (χ0n) is 16.4. The van der Waals surface area contributed by atoms with Crippen molar-refractivity contribution in [2.24, 2.45) is 10.9 Å². The van der Waals surface area contributed by atoms with Crippen LogP contribution in [0.1, 0.15) is 26.2 Å². The number of ether oxygens (including phenoxy) is 2. The van der Waals surface area contributed by atoms with Gasteiger partial charge in [-0.05, 0) is 38.3 Å². The van der Waals surface area contributed by atoms with Crippen molar-refractivity contribution in [2.45, 2.75) is 26.2 Å². The molecule has 1 aliphatic rings. The van der Waals surface area contributed by atoms with Gasteiger partial charge < -0.3 is 25.4 Å². The Morgan fingerprint density at radius 2 is 2.04 bits per heavy atom. The van der Waals surface area contributed by atoms with Crippen molar-refractivity contribution in [3.05, 3.63) is 30.3 Å². The number of nitrogens with zero attached hydrogens (tertiary/aromatic N) is 1. The van der Waals surface area contributed by atoms with Crippen molar-refractivity contribution in [3.8, 4) is 0 Å². The molecule has 1 fully saturated rings. The number of hydrogen-bond donors (Lipinski definition) is 3. The monoisotopic (exact) mass is 490 g/mol. The third-order valence-corrected chi connectivity index (χ3v) is 4.19. The van der Waals surface area contributed by atoms with E-state index in [1.807, 2.05) is 18.2 Å². The summed E-state index contributed by atoms with van der Waals surface area (Å²) in [4.78, 5) is 4.62. The summed E-state index contributed by atoms with van der Waals surface area (Å²) in [5.41, 5.74) is 1.16. The number of benzene rings is 1. The molecule has 0 saturated carbocycles. The summed E-state index contributed by atoms with van der Waals surface area (Å²) in [5, 5.41) is 10.1. The molecule has 1 heterocycles. The molecule has 1 aromatic rings. The Labute approximate surface area is 180 Å². The van der Waals surface area contributed by atoms with E-state index in [2.05, 4.69) is 40.0 Å². The highest BCUT2D eigenvalue weighted by molar-refractivity contribution is 14.0. The molecule has 0 amide bonds. The van der Waals surface area contributed by atoms with Crippen LogP contribution in [0.2, 0.25) is 0 Å². The molecular weight excluding hydrogens is 455 g/mol. The molecule has 0 aliphatic carbocycles. The van der Waals surface area contributed by atoms with Gasteiger partial charge in [-0.2, -0.15) is 0 Å². The normalized spacial score (nSPS) is 16.6. The second-order valence-corrected chi connectivity index (χ2v) is 6.49. The lowest BCUT2D eigenvalue weighted by Gasteiger charge is -2.12. The van der Waals surface area contributed by atoms with Gasteiger partial charge in [-0.3, -0.25) is 4.99 Å². The fourth-order valence-electron chi connectivity index (χ4n) is 2.75. The van der Waals surface area contributed by atoms with E-state index in [0.29, 0.717) is 5.92 Å². The van der Waals surface area contributed by atoms with Gasteiger partial charge in [0.15, 0.2) is 5.96 Å². The summed E-state index contributed by atoms with van der Waals surface area (Å²) in [6, 6.07) is 10.3. The Bertz CT molecular complexity index is 496. The van der Waals surface area contributed by atoms with Gasteiger partial charge in [0, 0.05) is 51.0 Å².